The summed E-state index contributed by atoms with van der Waals surface area (Å²) in [6.45, 7) is 7.27. The Kier molecular flexibility index (Phi) is 4.26. The molecule has 0 amide bonds. The summed E-state index contributed by atoms with van der Waals surface area (Å²) in [4.78, 5) is 2.36. The van der Waals surface area contributed by atoms with E-state index < -0.39 is 0 Å². The molecule has 0 fully saturated rings. The first-order valence-corrected chi connectivity index (χ1v) is 7.87. The molecule has 2 nitrogen and oxygen atoms in total. The van der Waals surface area contributed by atoms with E-state index in [4.69, 9.17) is 4.74 Å². The van der Waals surface area contributed by atoms with Gasteiger partial charge in [-0.25, -0.2) is 0 Å². The summed E-state index contributed by atoms with van der Waals surface area (Å²) in [6, 6.07) is 17.5. The number of rotatable bonds is 4. The van der Waals surface area contributed by atoms with E-state index in [1.807, 2.05) is 0 Å². The number of hydrogen-bond acceptors (Lipinski definition) is 2. The van der Waals surface area contributed by atoms with Gasteiger partial charge in [0.05, 0.1) is 6.61 Å². The van der Waals surface area contributed by atoms with Gasteiger partial charge in [-0.1, -0.05) is 36.4 Å². The van der Waals surface area contributed by atoms with Crippen LogP contribution in [0.25, 0.3) is 0 Å². The second kappa shape index (κ2) is 6.31. The lowest BCUT2D eigenvalue weighted by Gasteiger charge is -2.27. The van der Waals surface area contributed by atoms with Crippen LogP contribution in [0.15, 0.2) is 48.5 Å². The molecule has 2 aromatic carbocycles. The Bertz CT molecular complexity index is 587. The molecule has 110 valence electrons. The van der Waals surface area contributed by atoms with Gasteiger partial charge in [0.2, 0.25) is 0 Å². The van der Waals surface area contributed by atoms with Gasteiger partial charge < -0.3 is 9.64 Å². The lowest BCUT2D eigenvalue weighted by molar-refractivity contribution is 0.0698. The quantitative estimate of drug-likeness (QED) is 0.833. The lowest BCUT2D eigenvalue weighted by Crippen LogP contribution is -2.22. The zero-order valence-electron chi connectivity index (χ0n) is 12.9. The zero-order valence-corrected chi connectivity index (χ0v) is 12.9. The van der Waals surface area contributed by atoms with Crippen LogP contribution < -0.4 is 4.90 Å². The molecule has 0 radical (unpaired) electrons. The zero-order chi connectivity index (χ0) is 14.7. The fourth-order valence-electron chi connectivity index (χ4n) is 3.12. The van der Waals surface area contributed by atoms with Crippen molar-refractivity contribution < 1.29 is 4.74 Å². The number of ether oxygens (including phenoxy) is 1. The molecule has 1 aliphatic rings. The summed E-state index contributed by atoms with van der Waals surface area (Å²) in [6.07, 6.45) is 1.10. The van der Waals surface area contributed by atoms with Crippen LogP contribution in [0.1, 0.15) is 36.6 Å². The Morgan fingerprint density at radius 2 is 1.71 bits per heavy atom. The minimum Gasteiger partial charge on any atom is -0.372 e. The molecule has 21 heavy (non-hydrogen) atoms. The SMILES string of the molecule is CCN(CC)c1ccc(C2OCCc3ccccc32)cc1. The molecular weight excluding hydrogens is 258 g/mol. The Morgan fingerprint density at radius 1 is 1.00 bits per heavy atom. The Balaban J connectivity index is 1.88. The van der Waals surface area contributed by atoms with Crippen molar-refractivity contribution in [3.8, 4) is 0 Å². The first-order chi connectivity index (χ1) is 10.3. The van der Waals surface area contributed by atoms with E-state index in [1.165, 1.54) is 22.4 Å². The molecule has 0 aliphatic carbocycles. The molecule has 2 heteroatoms. The second-order valence-corrected chi connectivity index (χ2v) is 5.46. The van der Waals surface area contributed by atoms with E-state index in [-0.39, 0.29) is 6.10 Å². The highest BCUT2D eigenvalue weighted by Crippen LogP contribution is 2.33. The smallest absolute Gasteiger partial charge is 0.108 e. The van der Waals surface area contributed by atoms with Crippen LogP contribution in [-0.2, 0) is 11.2 Å². The van der Waals surface area contributed by atoms with Gasteiger partial charge >= 0.3 is 0 Å². The summed E-state index contributed by atoms with van der Waals surface area (Å²) in [7, 11) is 0. The van der Waals surface area contributed by atoms with Crippen molar-refractivity contribution in [1.82, 2.24) is 0 Å². The van der Waals surface area contributed by atoms with Crippen LogP contribution in [-0.4, -0.2) is 19.7 Å². The Morgan fingerprint density at radius 3 is 2.43 bits per heavy atom. The Hall–Kier alpha value is -1.80. The summed E-state index contributed by atoms with van der Waals surface area (Å²) in [5.74, 6) is 0. The molecule has 0 bridgehead atoms. The molecule has 0 aromatic heterocycles. The second-order valence-electron chi connectivity index (χ2n) is 5.46. The topological polar surface area (TPSA) is 12.5 Å². The van der Waals surface area contributed by atoms with Gasteiger partial charge in [0, 0.05) is 18.8 Å². The van der Waals surface area contributed by atoms with E-state index in [2.05, 4.69) is 67.3 Å². The highest BCUT2D eigenvalue weighted by atomic mass is 16.5. The molecule has 1 atom stereocenters. The van der Waals surface area contributed by atoms with Gasteiger partial charge in [-0.05, 0) is 49.1 Å². The van der Waals surface area contributed by atoms with Gasteiger partial charge in [-0.3, -0.25) is 0 Å². The third-order valence-corrected chi connectivity index (χ3v) is 4.32. The molecule has 1 unspecified atom stereocenters. The molecule has 3 rings (SSSR count). The third kappa shape index (κ3) is 2.81. The van der Waals surface area contributed by atoms with Gasteiger partial charge in [0.15, 0.2) is 0 Å². The molecule has 0 saturated heterocycles. The van der Waals surface area contributed by atoms with Crippen LogP contribution in [0.2, 0.25) is 0 Å². The average Bonchev–Trinajstić information content (AvgIpc) is 2.56. The van der Waals surface area contributed by atoms with Crippen LogP contribution in [0.3, 0.4) is 0 Å². The van der Waals surface area contributed by atoms with Gasteiger partial charge in [0.25, 0.3) is 0 Å². The van der Waals surface area contributed by atoms with E-state index in [0.29, 0.717) is 0 Å². The van der Waals surface area contributed by atoms with Gasteiger partial charge in [-0.15, -0.1) is 0 Å². The molecule has 0 spiro atoms. The summed E-state index contributed by atoms with van der Waals surface area (Å²) < 4.78 is 6.03. The average molecular weight is 281 g/mol. The highest BCUT2D eigenvalue weighted by molar-refractivity contribution is 5.49. The number of anilines is 1. The fraction of sp³-hybridized carbons (Fsp3) is 0.368. The maximum absolute atomic E-state index is 6.03. The third-order valence-electron chi connectivity index (χ3n) is 4.32. The van der Waals surface area contributed by atoms with Crippen molar-refractivity contribution >= 4 is 5.69 Å². The van der Waals surface area contributed by atoms with Crippen molar-refractivity contribution in [3.63, 3.8) is 0 Å². The van der Waals surface area contributed by atoms with E-state index in [0.717, 1.165) is 26.1 Å². The molecule has 1 heterocycles. The predicted molar refractivity (Wildman–Crippen MR) is 87.9 cm³/mol. The van der Waals surface area contributed by atoms with Crippen LogP contribution >= 0.6 is 0 Å². The van der Waals surface area contributed by atoms with E-state index in [9.17, 15) is 0 Å². The molecule has 0 saturated carbocycles. The molecule has 2 aromatic rings. The Labute approximate surface area is 127 Å². The lowest BCUT2D eigenvalue weighted by atomic mass is 9.93. The first kappa shape index (κ1) is 14.2. The standard InChI is InChI=1S/C19H23NO/c1-3-20(4-2)17-11-9-16(10-12-17)19-18-8-6-5-7-15(18)13-14-21-19/h5-12,19H,3-4,13-14H2,1-2H3. The van der Waals surface area contributed by atoms with Crippen LogP contribution in [0, 0.1) is 0 Å². The largest absolute Gasteiger partial charge is 0.372 e. The first-order valence-electron chi connectivity index (χ1n) is 7.87. The number of fused-ring (bicyclic) bond motifs is 1. The van der Waals surface area contributed by atoms with Crippen molar-refractivity contribution in [2.45, 2.75) is 26.4 Å². The van der Waals surface area contributed by atoms with Crippen LogP contribution in [0.4, 0.5) is 5.69 Å². The van der Waals surface area contributed by atoms with Gasteiger partial charge in [0.1, 0.15) is 6.10 Å². The molecule has 1 aliphatic heterocycles. The molecular formula is C19H23NO. The van der Waals surface area contributed by atoms with Crippen molar-refractivity contribution in [3.05, 3.63) is 65.2 Å². The van der Waals surface area contributed by atoms with Crippen LogP contribution in [0.5, 0.6) is 0 Å². The number of nitrogens with zero attached hydrogens (tertiary/aromatic N) is 1. The maximum atomic E-state index is 6.03. The minimum absolute atomic E-state index is 0.0840. The summed E-state index contributed by atoms with van der Waals surface area (Å²) >= 11 is 0. The predicted octanol–water partition coefficient (Wildman–Crippen LogP) is 4.19. The van der Waals surface area contributed by atoms with Crippen molar-refractivity contribution in [1.29, 1.82) is 0 Å². The molecule has 0 N–H and O–H groups in total. The van der Waals surface area contributed by atoms with Crippen molar-refractivity contribution in [2.24, 2.45) is 0 Å². The minimum atomic E-state index is 0.0840. The van der Waals surface area contributed by atoms with E-state index in [1.54, 1.807) is 0 Å². The maximum Gasteiger partial charge on any atom is 0.108 e. The number of benzene rings is 2. The van der Waals surface area contributed by atoms with Crippen molar-refractivity contribution in [2.75, 3.05) is 24.6 Å². The normalized spacial score (nSPS) is 17.3. The van der Waals surface area contributed by atoms with E-state index >= 15 is 0 Å². The number of hydrogen-bond donors (Lipinski definition) is 0. The van der Waals surface area contributed by atoms with Gasteiger partial charge in [-0.2, -0.15) is 0 Å². The highest BCUT2D eigenvalue weighted by Gasteiger charge is 2.21. The summed E-state index contributed by atoms with van der Waals surface area (Å²) in [5.41, 5.74) is 5.27. The summed E-state index contributed by atoms with van der Waals surface area (Å²) in [5, 5.41) is 0. The fourth-order valence-corrected chi connectivity index (χ4v) is 3.12. The monoisotopic (exact) mass is 281 g/mol.